The first-order chi connectivity index (χ1) is 10.8. The first kappa shape index (κ1) is 15.1. The molecule has 0 aliphatic carbocycles. The van der Waals surface area contributed by atoms with Gasteiger partial charge in [0.05, 0.1) is 0 Å². The van der Waals surface area contributed by atoms with Gasteiger partial charge in [0.25, 0.3) is 0 Å². The van der Waals surface area contributed by atoms with Gasteiger partial charge in [0.1, 0.15) is 5.82 Å². The maximum Gasteiger partial charge on any atom is 0.196 e. The van der Waals surface area contributed by atoms with Crippen LogP contribution in [0.5, 0.6) is 0 Å². The van der Waals surface area contributed by atoms with E-state index in [1.807, 2.05) is 42.5 Å². The first-order valence-corrected chi connectivity index (χ1v) is 8.52. The van der Waals surface area contributed by atoms with Crippen molar-refractivity contribution in [2.45, 2.75) is 24.3 Å². The quantitative estimate of drug-likeness (QED) is 0.631. The molecule has 0 amide bonds. The minimum Gasteiger partial charge on any atom is -0.274 e. The Balaban J connectivity index is 1.89. The van der Waals surface area contributed by atoms with Gasteiger partial charge in [0, 0.05) is 22.9 Å². The second-order valence-electron chi connectivity index (χ2n) is 4.80. The number of hydrogen-bond donors (Lipinski definition) is 0. The molecule has 0 N–H and O–H groups in total. The highest BCUT2D eigenvalue weighted by atomic mass is 35.5. The number of para-hydroxylation sites is 1. The van der Waals surface area contributed by atoms with Gasteiger partial charge in [-0.3, -0.25) is 4.57 Å². The number of benzene rings is 2. The van der Waals surface area contributed by atoms with E-state index in [-0.39, 0.29) is 0 Å². The SMILES string of the molecule is CCc1nnc(SCc2ccccc2Cl)n1-c1ccccc1. The van der Waals surface area contributed by atoms with Crippen LogP contribution in [-0.2, 0) is 12.2 Å². The fourth-order valence-electron chi connectivity index (χ4n) is 2.22. The third-order valence-electron chi connectivity index (χ3n) is 3.35. The fourth-order valence-corrected chi connectivity index (χ4v) is 3.47. The average Bonchev–Trinajstić information content (AvgIpc) is 2.98. The topological polar surface area (TPSA) is 30.7 Å². The Hall–Kier alpha value is -1.78. The van der Waals surface area contributed by atoms with E-state index in [4.69, 9.17) is 11.6 Å². The van der Waals surface area contributed by atoms with Gasteiger partial charge >= 0.3 is 0 Å². The van der Waals surface area contributed by atoms with E-state index >= 15 is 0 Å². The molecule has 0 aliphatic heterocycles. The van der Waals surface area contributed by atoms with Crippen molar-refractivity contribution in [3.05, 3.63) is 71.0 Å². The predicted molar refractivity (Wildman–Crippen MR) is 91.8 cm³/mol. The van der Waals surface area contributed by atoms with Crippen LogP contribution < -0.4 is 0 Å². The molecule has 5 heteroatoms. The molecule has 0 unspecified atom stereocenters. The standard InChI is InChI=1S/C17H16ClN3S/c1-2-16-19-20-17(21(16)14-9-4-3-5-10-14)22-12-13-8-6-7-11-15(13)18/h3-11H,2,12H2,1H3. The second kappa shape index (κ2) is 6.99. The number of aromatic nitrogens is 3. The van der Waals surface area contributed by atoms with Crippen LogP contribution in [0.1, 0.15) is 18.3 Å². The molecule has 0 spiro atoms. The largest absolute Gasteiger partial charge is 0.274 e. The summed E-state index contributed by atoms with van der Waals surface area (Å²) in [5.41, 5.74) is 2.20. The number of hydrogen-bond acceptors (Lipinski definition) is 3. The number of halogens is 1. The van der Waals surface area contributed by atoms with Crippen LogP contribution in [0.15, 0.2) is 59.8 Å². The lowest BCUT2D eigenvalue weighted by atomic mass is 10.2. The summed E-state index contributed by atoms with van der Waals surface area (Å²) in [7, 11) is 0. The van der Waals surface area contributed by atoms with Crippen molar-refractivity contribution < 1.29 is 0 Å². The minimum absolute atomic E-state index is 0.772. The fraction of sp³-hybridized carbons (Fsp3) is 0.176. The summed E-state index contributed by atoms with van der Waals surface area (Å²) >= 11 is 7.87. The maximum atomic E-state index is 6.22. The Bertz CT molecular complexity index is 756. The van der Waals surface area contributed by atoms with Gasteiger partial charge in [0.15, 0.2) is 5.16 Å². The van der Waals surface area contributed by atoms with Crippen molar-refractivity contribution in [1.29, 1.82) is 0 Å². The monoisotopic (exact) mass is 329 g/mol. The van der Waals surface area contributed by atoms with Crippen LogP contribution in [-0.4, -0.2) is 14.8 Å². The van der Waals surface area contributed by atoms with E-state index in [0.29, 0.717) is 0 Å². The third-order valence-corrected chi connectivity index (χ3v) is 4.69. The lowest BCUT2D eigenvalue weighted by Gasteiger charge is -2.09. The van der Waals surface area contributed by atoms with Crippen LogP contribution >= 0.6 is 23.4 Å². The lowest BCUT2D eigenvalue weighted by Crippen LogP contribution is -2.01. The van der Waals surface area contributed by atoms with Gasteiger partial charge in [-0.05, 0) is 23.8 Å². The molecule has 0 radical (unpaired) electrons. The zero-order chi connectivity index (χ0) is 15.4. The van der Waals surface area contributed by atoms with Crippen molar-refractivity contribution in [3.8, 4) is 5.69 Å². The van der Waals surface area contributed by atoms with Crippen molar-refractivity contribution >= 4 is 23.4 Å². The molecule has 3 aromatic rings. The van der Waals surface area contributed by atoms with Crippen LogP contribution in [0.25, 0.3) is 5.69 Å². The number of aryl methyl sites for hydroxylation is 1. The van der Waals surface area contributed by atoms with E-state index in [2.05, 4.69) is 33.8 Å². The predicted octanol–water partition coefficient (Wildman–Crippen LogP) is 4.78. The second-order valence-corrected chi connectivity index (χ2v) is 6.15. The Labute approximate surface area is 139 Å². The molecule has 1 aromatic heterocycles. The summed E-state index contributed by atoms with van der Waals surface area (Å²) in [5, 5.41) is 10.3. The van der Waals surface area contributed by atoms with Crippen LogP contribution in [0.2, 0.25) is 5.02 Å². The molecule has 3 nitrogen and oxygen atoms in total. The number of rotatable bonds is 5. The van der Waals surface area contributed by atoms with E-state index < -0.39 is 0 Å². The molecule has 0 saturated carbocycles. The Kier molecular flexibility index (Phi) is 4.80. The molecule has 0 atom stereocenters. The summed E-state index contributed by atoms with van der Waals surface area (Å²) in [4.78, 5) is 0. The molecule has 22 heavy (non-hydrogen) atoms. The minimum atomic E-state index is 0.772. The highest BCUT2D eigenvalue weighted by Gasteiger charge is 2.13. The third kappa shape index (κ3) is 3.18. The van der Waals surface area contributed by atoms with Crippen molar-refractivity contribution in [3.63, 3.8) is 0 Å². The van der Waals surface area contributed by atoms with Gasteiger partial charge < -0.3 is 0 Å². The summed E-state index contributed by atoms with van der Waals surface area (Å²) in [5.74, 6) is 1.74. The van der Waals surface area contributed by atoms with Crippen LogP contribution in [0.4, 0.5) is 0 Å². The molecule has 1 heterocycles. The van der Waals surface area contributed by atoms with Crippen LogP contribution in [0.3, 0.4) is 0 Å². The smallest absolute Gasteiger partial charge is 0.196 e. The van der Waals surface area contributed by atoms with Gasteiger partial charge in [-0.25, -0.2) is 0 Å². The van der Waals surface area contributed by atoms with E-state index in [0.717, 1.165) is 39.4 Å². The van der Waals surface area contributed by atoms with E-state index in [1.54, 1.807) is 11.8 Å². The van der Waals surface area contributed by atoms with Gasteiger partial charge in [-0.15, -0.1) is 10.2 Å². The molecular formula is C17H16ClN3S. The van der Waals surface area contributed by atoms with Crippen LogP contribution in [0, 0.1) is 0 Å². The zero-order valence-corrected chi connectivity index (χ0v) is 13.8. The molecule has 0 fully saturated rings. The van der Waals surface area contributed by atoms with Crippen molar-refractivity contribution in [2.24, 2.45) is 0 Å². The zero-order valence-electron chi connectivity index (χ0n) is 12.2. The lowest BCUT2D eigenvalue weighted by molar-refractivity contribution is 0.836. The summed E-state index contributed by atoms with van der Waals surface area (Å²) < 4.78 is 2.11. The Morgan fingerprint density at radius 3 is 2.45 bits per heavy atom. The number of thioether (sulfide) groups is 1. The molecule has 0 aliphatic rings. The number of nitrogens with zero attached hydrogens (tertiary/aromatic N) is 3. The van der Waals surface area contributed by atoms with Gasteiger partial charge in [-0.1, -0.05) is 66.7 Å². The first-order valence-electron chi connectivity index (χ1n) is 7.15. The van der Waals surface area contributed by atoms with E-state index in [9.17, 15) is 0 Å². The normalized spacial score (nSPS) is 10.8. The van der Waals surface area contributed by atoms with Gasteiger partial charge in [-0.2, -0.15) is 0 Å². The van der Waals surface area contributed by atoms with Crippen molar-refractivity contribution in [2.75, 3.05) is 0 Å². The molecule has 2 aromatic carbocycles. The maximum absolute atomic E-state index is 6.22. The van der Waals surface area contributed by atoms with Gasteiger partial charge in [0.2, 0.25) is 0 Å². The summed E-state index contributed by atoms with van der Waals surface area (Å²) in [6, 6.07) is 18.1. The Morgan fingerprint density at radius 1 is 1.00 bits per heavy atom. The summed E-state index contributed by atoms with van der Waals surface area (Å²) in [6.45, 7) is 2.09. The molecule has 0 saturated heterocycles. The summed E-state index contributed by atoms with van der Waals surface area (Å²) in [6.07, 6.45) is 0.842. The Morgan fingerprint density at radius 2 is 1.73 bits per heavy atom. The highest BCUT2D eigenvalue weighted by Crippen LogP contribution is 2.28. The van der Waals surface area contributed by atoms with E-state index in [1.165, 1.54) is 0 Å². The molecule has 0 bridgehead atoms. The average molecular weight is 330 g/mol. The highest BCUT2D eigenvalue weighted by molar-refractivity contribution is 7.98. The molecule has 3 rings (SSSR count). The molecular weight excluding hydrogens is 314 g/mol. The molecule has 112 valence electrons. The van der Waals surface area contributed by atoms with Crippen molar-refractivity contribution in [1.82, 2.24) is 14.8 Å².